The number of carbonyl (C=O) groups is 1. The van der Waals surface area contributed by atoms with Crippen molar-refractivity contribution in [2.45, 2.75) is 53.0 Å². The number of rotatable bonds is 3. The van der Waals surface area contributed by atoms with E-state index in [2.05, 4.69) is 19.2 Å². The summed E-state index contributed by atoms with van der Waals surface area (Å²) in [4.78, 5) is 11.9. The molecule has 1 aliphatic rings. The maximum Gasteiger partial charge on any atom is 0.223 e. The highest BCUT2D eigenvalue weighted by Gasteiger charge is 2.34. The molecule has 2 atom stereocenters. The molecular weight excluding hydrogens is 174 g/mol. The fourth-order valence-corrected chi connectivity index (χ4v) is 2.50. The molecule has 1 fully saturated rings. The predicted octanol–water partition coefficient (Wildman–Crippen LogP) is 2.58. The Morgan fingerprint density at radius 1 is 1.21 bits per heavy atom. The smallest absolute Gasteiger partial charge is 0.223 e. The Balaban J connectivity index is 2.53. The summed E-state index contributed by atoms with van der Waals surface area (Å²) >= 11 is 0. The summed E-state index contributed by atoms with van der Waals surface area (Å²) in [6, 6.07) is 0.274. The van der Waals surface area contributed by atoms with Gasteiger partial charge in [0.1, 0.15) is 0 Å². The maximum atomic E-state index is 11.9. The number of carbonyl (C=O) groups excluding carboxylic acids is 1. The van der Waals surface area contributed by atoms with Crippen molar-refractivity contribution in [3.8, 4) is 0 Å². The van der Waals surface area contributed by atoms with E-state index >= 15 is 0 Å². The van der Waals surface area contributed by atoms with E-state index in [1.807, 2.05) is 13.8 Å². The third-order valence-electron chi connectivity index (χ3n) is 3.19. The lowest BCUT2D eigenvalue weighted by atomic mass is 9.85. The Bertz CT molecular complexity index is 198. The topological polar surface area (TPSA) is 29.1 Å². The molecule has 82 valence electrons. The van der Waals surface area contributed by atoms with Crippen LogP contribution in [0.2, 0.25) is 0 Å². The van der Waals surface area contributed by atoms with Crippen molar-refractivity contribution in [1.82, 2.24) is 5.32 Å². The molecule has 1 aliphatic carbocycles. The van der Waals surface area contributed by atoms with Crippen molar-refractivity contribution < 1.29 is 4.79 Å². The highest BCUT2D eigenvalue weighted by atomic mass is 16.1. The summed E-state index contributed by atoms with van der Waals surface area (Å²) in [6.45, 7) is 8.51. The molecular formula is C12H23NO. The maximum absolute atomic E-state index is 11.9. The Labute approximate surface area is 87.5 Å². The molecule has 0 bridgehead atoms. The van der Waals surface area contributed by atoms with E-state index in [-0.39, 0.29) is 17.9 Å². The van der Waals surface area contributed by atoms with Crippen molar-refractivity contribution in [3.05, 3.63) is 0 Å². The van der Waals surface area contributed by atoms with Gasteiger partial charge in [-0.1, -0.05) is 20.3 Å². The van der Waals surface area contributed by atoms with Gasteiger partial charge in [-0.25, -0.2) is 0 Å². The molecule has 2 heteroatoms. The van der Waals surface area contributed by atoms with Gasteiger partial charge in [0.25, 0.3) is 0 Å². The minimum absolute atomic E-state index is 0.274. The lowest BCUT2D eigenvalue weighted by Gasteiger charge is -2.23. The molecule has 0 aliphatic heterocycles. The molecule has 0 aromatic rings. The summed E-state index contributed by atoms with van der Waals surface area (Å²) in [5, 5.41) is 3.03. The van der Waals surface area contributed by atoms with E-state index < -0.39 is 0 Å². The second-order valence-electron chi connectivity index (χ2n) is 5.11. The quantitative estimate of drug-likeness (QED) is 0.740. The summed E-state index contributed by atoms with van der Waals surface area (Å²) in [7, 11) is 0. The molecule has 14 heavy (non-hydrogen) atoms. The van der Waals surface area contributed by atoms with Crippen LogP contribution in [0.5, 0.6) is 0 Å². The van der Waals surface area contributed by atoms with Crippen LogP contribution in [-0.2, 0) is 4.79 Å². The zero-order chi connectivity index (χ0) is 10.7. The highest BCUT2D eigenvalue weighted by molar-refractivity contribution is 5.79. The summed E-state index contributed by atoms with van der Waals surface area (Å²) in [6.07, 6.45) is 3.54. The average Bonchev–Trinajstić information content (AvgIpc) is 2.49. The highest BCUT2D eigenvalue weighted by Crippen LogP contribution is 2.36. The van der Waals surface area contributed by atoms with Gasteiger partial charge >= 0.3 is 0 Å². The lowest BCUT2D eigenvalue weighted by Crippen LogP contribution is -2.38. The Morgan fingerprint density at radius 2 is 1.86 bits per heavy atom. The van der Waals surface area contributed by atoms with Crippen LogP contribution >= 0.6 is 0 Å². The van der Waals surface area contributed by atoms with Gasteiger partial charge in [0.15, 0.2) is 0 Å². The van der Waals surface area contributed by atoms with Gasteiger partial charge in [0.2, 0.25) is 5.91 Å². The second-order valence-corrected chi connectivity index (χ2v) is 5.11. The number of amides is 1. The van der Waals surface area contributed by atoms with E-state index in [4.69, 9.17) is 0 Å². The summed E-state index contributed by atoms with van der Waals surface area (Å²) in [5.74, 6) is 1.79. The molecule has 0 spiro atoms. The third-order valence-corrected chi connectivity index (χ3v) is 3.19. The Hall–Kier alpha value is -0.530. The first-order valence-electron chi connectivity index (χ1n) is 5.82. The molecule has 1 N–H and O–H groups in total. The van der Waals surface area contributed by atoms with E-state index in [1.54, 1.807) is 0 Å². The van der Waals surface area contributed by atoms with Gasteiger partial charge < -0.3 is 5.32 Å². The van der Waals surface area contributed by atoms with Gasteiger partial charge in [0.05, 0.1) is 0 Å². The van der Waals surface area contributed by atoms with Gasteiger partial charge in [0, 0.05) is 12.0 Å². The van der Waals surface area contributed by atoms with Gasteiger partial charge in [-0.05, 0) is 38.5 Å². The van der Waals surface area contributed by atoms with Crippen LogP contribution in [0.3, 0.4) is 0 Å². The molecule has 1 saturated carbocycles. The molecule has 0 saturated heterocycles. The van der Waals surface area contributed by atoms with Crippen molar-refractivity contribution >= 4 is 5.91 Å². The van der Waals surface area contributed by atoms with E-state index in [1.165, 1.54) is 12.8 Å². The molecule has 0 heterocycles. The third kappa shape index (κ3) is 2.73. The Morgan fingerprint density at radius 3 is 2.36 bits per heavy atom. The zero-order valence-corrected chi connectivity index (χ0v) is 9.84. The minimum Gasteiger partial charge on any atom is -0.354 e. The predicted molar refractivity (Wildman–Crippen MR) is 58.9 cm³/mol. The average molecular weight is 197 g/mol. The number of hydrogen-bond acceptors (Lipinski definition) is 1. The molecule has 0 aromatic carbocycles. The van der Waals surface area contributed by atoms with Crippen molar-refractivity contribution in [2.24, 2.45) is 17.8 Å². The molecule has 1 amide bonds. The summed E-state index contributed by atoms with van der Waals surface area (Å²) < 4.78 is 0. The largest absolute Gasteiger partial charge is 0.354 e. The van der Waals surface area contributed by atoms with Crippen molar-refractivity contribution in [1.29, 1.82) is 0 Å². The first kappa shape index (κ1) is 11.5. The fraction of sp³-hybridized carbons (Fsp3) is 0.917. The van der Waals surface area contributed by atoms with Crippen molar-refractivity contribution in [2.75, 3.05) is 0 Å². The van der Waals surface area contributed by atoms with Gasteiger partial charge in [-0.3, -0.25) is 4.79 Å². The van der Waals surface area contributed by atoms with E-state index in [9.17, 15) is 4.79 Å². The van der Waals surface area contributed by atoms with E-state index in [0.717, 1.165) is 6.42 Å². The Kier molecular flexibility index (Phi) is 3.97. The minimum atomic E-state index is 0.274. The van der Waals surface area contributed by atoms with Crippen LogP contribution in [0.25, 0.3) is 0 Å². The molecule has 0 unspecified atom stereocenters. The number of nitrogens with one attached hydrogen (secondary N) is 1. The van der Waals surface area contributed by atoms with Crippen LogP contribution < -0.4 is 5.32 Å². The van der Waals surface area contributed by atoms with Gasteiger partial charge in [-0.15, -0.1) is 0 Å². The monoisotopic (exact) mass is 197 g/mol. The molecule has 1 rings (SSSR count). The molecule has 0 radical (unpaired) electrons. The standard InChI is InChI=1S/C12H23NO/c1-8(2)10-6-5-7-11(10)12(14)13-9(3)4/h8-11H,5-7H2,1-4H3,(H,13,14)/t10-,11-/m0/s1. The van der Waals surface area contributed by atoms with Crippen LogP contribution in [0.15, 0.2) is 0 Å². The zero-order valence-electron chi connectivity index (χ0n) is 9.84. The fourth-order valence-electron chi connectivity index (χ4n) is 2.50. The van der Waals surface area contributed by atoms with Crippen LogP contribution in [0.1, 0.15) is 47.0 Å². The van der Waals surface area contributed by atoms with Gasteiger partial charge in [-0.2, -0.15) is 0 Å². The molecule has 0 aromatic heterocycles. The van der Waals surface area contributed by atoms with Crippen molar-refractivity contribution in [3.63, 3.8) is 0 Å². The second kappa shape index (κ2) is 4.81. The van der Waals surface area contributed by atoms with Crippen LogP contribution in [0, 0.1) is 17.8 Å². The SMILES string of the molecule is CC(C)NC(=O)[C@H]1CCC[C@H]1C(C)C. The van der Waals surface area contributed by atoms with Crippen LogP contribution in [0.4, 0.5) is 0 Å². The first-order valence-corrected chi connectivity index (χ1v) is 5.82. The molecule has 2 nitrogen and oxygen atoms in total. The first-order chi connectivity index (χ1) is 6.52. The number of hydrogen-bond donors (Lipinski definition) is 1. The summed E-state index contributed by atoms with van der Waals surface area (Å²) in [5.41, 5.74) is 0. The van der Waals surface area contributed by atoms with Crippen LogP contribution in [-0.4, -0.2) is 11.9 Å². The lowest BCUT2D eigenvalue weighted by molar-refractivity contribution is -0.127. The van der Waals surface area contributed by atoms with E-state index in [0.29, 0.717) is 11.8 Å². The normalized spacial score (nSPS) is 27.3.